The van der Waals surface area contributed by atoms with Crippen molar-refractivity contribution in [2.75, 3.05) is 31.2 Å². The molecule has 0 amide bonds. The van der Waals surface area contributed by atoms with E-state index in [-0.39, 0.29) is 18.2 Å². The van der Waals surface area contributed by atoms with Crippen LogP contribution in [0.4, 0.5) is 16.2 Å². The maximum absolute atomic E-state index is 12.7. The van der Waals surface area contributed by atoms with E-state index < -0.39 is 0 Å². The van der Waals surface area contributed by atoms with Gasteiger partial charge in [0, 0.05) is 42.7 Å². The average molecular weight is 547 g/mol. The fraction of sp³-hybridized carbons (Fsp3) is 0.448. The van der Waals surface area contributed by atoms with Gasteiger partial charge in [-0.2, -0.15) is 10.0 Å². The van der Waals surface area contributed by atoms with E-state index in [1.165, 1.54) is 0 Å². The molecule has 0 spiro atoms. The van der Waals surface area contributed by atoms with Crippen LogP contribution >= 0.6 is 0 Å². The summed E-state index contributed by atoms with van der Waals surface area (Å²) in [7, 11) is 2.15. The summed E-state index contributed by atoms with van der Waals surface area (Å²) in [6.07, 6.45) is 10.1. The number of halogens is 1. The van der Waals surface area contributed by atoms with Crippen molar-refractivity contribution in [2.24, 2.45) is 0 Å². The zero-order valence-electron chi connectivity index (χ0n) is 22.9. The molecule has 210 valence electrons. The molecule has 1 saturated carbocycles. The highest BCUT2D eigenvalue weighted by Crippen LogP contribution is 2.32. The number of nitrogens with zero attached hydrogens (tertiary/aromatic N) is 6. The quantitative estimate of drug-likeness (QED) is 0.324. The Hall–Kier alpha value is -3.83. The second kappa shape index (κ2) is 11.3. The molecule has 6 rings (SSSR count). The predicted octanol–water partition coefficient (Wildman–Crippen LogP) is 4.73. The summed E-state index contributed by atoms with van der Waals surface area (Å²) in [6.45, 7) is 4.14. The third-order valence-electron chi connectivity index (χ3n) is 7.95. The standard InChI is InChI=1S/C29H35FN8O2/c1-3-25-29(34-19-4-7-23(14-19)40-30)36-26-24(16-32-28(31)27(26)35-25)18-15-33-38(17-18)20-5-8-21(9-6-20)39-22-10-12-37(2)13-11-22/h5-6,8-9,15-17,19,22-23H,3-4,7,10-14H2,1-2H3,(H2,31,32)(H,34,36). The largest absolute Gasteiger partial charge is 0.490 e. The van der Waals surface area contributed by atoms with Crippen LogP contribution in [-0.4, -0.2) is 68.0 Å². The Morgan fingerprint density at radius 2 is 1.82 bits per heavy atom. The fourth-order valence-corrected chi connectivity index (χ4v) is 5.59. The molecule has 3 aromatic heterocycles. The number of rotatable bonds is 8. The molecule has 0 bridgehead atoms. The minimum absolute atomic E-state index is 0.0644. The highest BCUT2D eigenvalue weighted by Gasteiger charge is 2.27. The number of aromatic nitrogens is 5. The van der Waals surface area contributed by atoms with Crippen LogP contribution in [0.5, 0.6) is 5.75 Å². The van der Waals surface area contributed by atoms with Gasteiger partial charge in [-0.3, -0.25) is 0 Å². The molecule has 1 aromatic carbocycles. The molecule has 11 heteroatoms. The summed E-state index contributed by atoms with van der Waals surface area (Å²) < 4.78 is 20.7. The molecule has 1 saturated heterocycles. The molecule has 2 atom stereocenters. The van der Waals surface area contributed by atoms with E-state index in [4.69, 9.17) is 20.4 Å². The number of aryl methyl sites for hydroxylation is 1. The van der Waals surface area contributed by atoms with Crippen LogP contribution in [0.25, 0.3) is 27.8 Å². The highest BCUT2D eigenvalue weighted by atomic mass is 19.3. The van der Waals surface area contributed by atoms with Crippen molar-refractivity contribution >= 4 is 22.7 Å². The van der Waals surface area contributed by atoms with Crippen molar-refractivity contribution in [2.45, 2.75) is 63.7 Å². The molecular formula is C29H35FN8O2. The monoisotopic (exact) mass is 546 g/mol. The van der Waals surface area contributed by atoms with Crippen molar-refractivity contribution in [3.63, 3.8) is 0 Å². The lowest BCUT2D eigenvalue weighted by atomic mass is 10.1. The van der Waals surface area contributed by atoms with Gasteiger partial charge in [0.1, 0.15) is 34.8 Å². The molecule has 4 aromatic rings. The number of pyridine rings is 1. The molecule has 3 N–H and O–H groups in total. The maximum Gasteiger partial charge on any atom is 0.151 e. The van der Waals surface area contributed by atoms with Gasteiger partial charge in [0.2, 0.25) is 0 Å². The smallest absolute Gasteiger partial charge is 0.151 e. The van der Waals surface area contributed by atoms with Gasteiger partial charge in [0.25, 0.3) is 0 Å². The van der Waals surface area contributed by atoms with Crippen molar-refractivity contribution < 1.29 is 14.2 Å². The van der Waals surface area contributed by atoms with E-state index in [1.807, 2.05) is 42.1 Å². The SMILES string of the molecule is CCc1nc2c(N)ncc(-c3cnn(-c4ccc(OC5CCN(C)CC5)cc4)c3)c2nc1NC1CCC(OF)C1. The fourth-order valence-electron chi connectivity index (χ4n) is 5.59. The molecule has 1 aliphatic carbocycles. The van der Waals surface area contributed by atoms with Crippen LogP contribution in [0.2, 0.25) is 0 Å². The van der Waals surface area contributed by atoms with Gasteiger partial charge in [-0.15, -0.1) is 0 Å². The van der Waals surface area contributed by atoms with E-state index in [2.05, 4.69) is 32.3 Å². The lowest BCUT2D eigenvalue weighted by Crippen LogP contribution is -2.35. The lowest BCUT2D eigenvalue weighted by Gasteiger charge is -2.29. The van der Waals surface area contributed by atoms with Crippen LogP contribution in [0.1, 0.15) is 44.7 Å². The Bertz CT molecular complexity index is 1470. The molecule has 2 aliphatic rings. The number of anilines is 2. The number of nitrogens with two attached hydrogens (primary N) is 1. The third kappa shape index (κ3) is 5.44. The van der Waals surface area contributed by atoms with E-state index in [1.54, 1.807) is 12.4 Å². The number of hydrogen-bond acceptors (Lipinski definition) is 9. The molecule has 40 heavy (non-hydrogen) atoms. The Kier molecular flexibility index (Phi) is 7.48. The number of likely N-dealkylation sites (tertiary alicyclic amines) is 1. The van der Waals surface area contributed by atoms with Gasteiger partial charge in [0.15, 0.2) is 5.82 Å². The van der Waals surface area contributed by atoms with E-state index in [9.17, 15) is 4.53 Å². The van der Waals surface area contributed by atoms with Crippen LogP contribution in [0.15, 0.2) is 42.9 Å². The van der Waals surface area contributed by atoms with Crippen LogP contribution in [0, 0.1) is 0 Å². The molecule has 2 unspecified atom stereocenters. The second-order valence-electron chi connectivity index (χ2n) is 10.8. The van der Waals surface area contributed by atoms with Crippen LogP contribution in [0.3, 0.4) is 0 Å². The van der Waals surface area contributed by atoms with Gasteiger partial charge in [-0.25, -0.2) is 19.6 Å². The number of nitrogens with one attached hydrogen (secondary N) is 1. The highest BCUT2D eigenvalue weighted by molar-refractivity contribution is 5.96. The van der Waals surface area contributed by atoms with Crippen molar-refractivity contribution in [3.8, 4) is 22.6 Å². The molecular weight excluding hydrogens is 511 g/mol. The number of benzene rings is 1. The van der Waals surface area contributed by atoms with Gasteiger partial charge in [0.05, 0.1) is 17.6 Å². The van der Waals surface area contributed by atoms with Crippen molar-refractivity contribution in [1.82, 2.24) is 29.6 Å². The van der Waals surface area contributed by atoms with Crippen LogP contribution < -0.4 is 15.8 Å². The van der Waals surface area contributed by atoms with Gasteiger partial charge >= 0.3 is 0 Å². The van der Waals surface area contributed by atoms with E-state index in [0.29, 0.717) is 41.9 Å². The molecule has 4 heterocycles. The number of nitrogen functional groups attached to an aromatic ring is 1. The predicted molar refractivity (Wildman–Crippen MR) is 152 cm³/mol. The first-order valence-corrected chi connectivity index (χ1v) is 14.0. The average Bonchev–Trinajstić information content (AvgIpc) is 3.65. The first-order valence-electron chi connectivity index (χ1n) is 14.0. The topological polar surface area (TPSA) is 116 Å². The summed E-state index contributed by atoms with van der Waals surface area (Å²) in [5, 5.41) is 8.07. The number of ether oxygens (including phenoxy) is 1. The zero-order chi connectivity index (χ0) is 27.6. The summed E-state index contributed by atoms with van der Waals surface area (Å²) in [5.74, 6) is 1.87. The van der Waals surface area contributed by atoms with E-state index >= 15 is 0 Å². The maximum atomic E-state index is 12.7. The molecule has 1 aliphatic heterocycles. The number of piperidine rings is 1. The number of hydrogen-bond donors (Lipinski definition) is 2. The summed E-state index contributed by atoms with van der Waals surface area (Å²) in [5.41, 5.74) is 10.8. The third-order valence-corrected chi connectivity index (χ3v) is 7.95. The van der Waals surface area contributed by atoms with Crippen molar-refractivity contribution in [1.29, 1.82) is 0 Å². The Labute approximate surface area is 232 Å². The Morgan fingerprint density at radius 3 is 2.55 bits per heavy atom. The first-order chi connectivity index (χ1) is 19.5. The zero-order valence-corrected chi connectivity index (χ0v) is 22.9. The normalized spacial score (nSPS) is 20.3. The van der Waals surface area contributed by atoms with Gasteiger partial charge < -0.3 is 20.7 Å². The lowest BCUT2D eigenvalue weighted by molar-refractivity contribution is -0.175. The van der Waals surface area contributed by atoms with Crippen LogP contribution in [-0.2, 0) is 11.4 Å². The van der Waals surface area contributed by atoms with Gasteiger partial charge in [-0.05, 0) is 74.4 Å². The minimum atomic E-state index is -0.382. The summed E-state index contributed by atoms with van der Waals surface area (Å²) in [6, 6.07) is 8.06. The Morgan fingerprint density at radius 1 is 1.02 bits per heavy atom. The Balaban J connectivity index is 1.26. The minimum Gasteiger partial charge on any atom is -0.490 e. The first kappa shape index (κ1) is 26.4. The molecule has 2 fully saturated rings. The second-order valence-corrected chi connectivity index (χ2v) is 10.8. The number of fused-ring (bicyclic) bond motifs is 1. The summed E-state index contributed by atoms with van der Waals surface area (Å²) >= 11 is 0. The molecule has 10 nitrogen and oxygen atoms in total. The van der Waals surface area contributed by atoms with Crippen molar-refractivity contribution in [3.05, 3.63) is 48.5 Å². The summed E-state index contributed by atoms with van der Waals surface area (Å²) in [4.78, 5) is 20.6. The van der Waals surface area contributed by atoms with Gasteiger partial charge in [-0.1, -0.05) is 6.92 Å². The van der Waals surface area contributed by atoms with E-state index in [0.717, 1.165) is 60.6 Å². The molecule has 0 radical (unpaired) electrons.